The Hall–Kier alpha value is -1.81. The van der Waals surface area contributed by atoms with Gasteiger partial charge >= 0.3 is 0 Å². The van der Waals surface area contributed by atoms with E-state index in [1.54, 1.807) is 18.2 Å². The Bertz CT molecular complexity index is 790. The van der Waals surface area contributed by atoms with E-state index < -0.39 is 0 Å². The Morgan fingerprint density at radius 1 is 1.16 bits per heavy atom. The van der Waals surface area contributed by atoms with Crippen molar-refractivity contribution in [1.82, 2.24) is 0 Å². The van der Waals surface area contributed by atoms with Gasteiger partial charge in [-0.3, -0.25) is 4.79 Å². The van der Waals surface area contributed by atoms with Crippen LogP contribution in [0.2, 0.25) is 10.0 Å². The highest BCUT2D eigenvalue weighted by molar-refractivity contribution is 6.36. The molecule has 2 aromatic carbocycles. The van der Waals surface area contributed by atoms with E-state index in [2.05, 4.69) is 35.7 Å². The first-order valence-electron chi connectivity index (χ1n) is 8.39. The van der Waals surface area contributed by atoms with Gasteiger partial charge in [-0.25, -0.2) is 0 Å². The molecule has 1 unspecified atom stereocenters. The van der Waals surface area contributed by atoms with Gasteiger partial charge in [0.1, 0.15) is 0 Å². The average molecular weight is 376 g/mol. The summed E-state index contributed by atoms with van der Waals surface area (Å²) in [7, 11) is 0. The highest BCUT2D eigenvalue weighted by Crippen LogP contribution is 2.25. The minimum Gasteiger partial charge on any atom is -0.321 e. The predicted octanol–water partition coefficient (Wildman–Crippen LogP) is 3.69. The molecule has 5 heteroatoms. The lowest BCUT2D eigenvalue weighted by atomic mass is 9.99. The molecule has 130 valence electrons. The minimum atomic E-state index is -0.152. The van der Waals surface area contributed by atoms with Crippen molar-refractivity contribution in [3.8, 4) is 0 Å². The fraction of sp³-hybridized carbons (Fsp3) is 0.250. The number of carbonyl (C=O) groups excluding carboxylic acids is 1. The molecule has 0 bridgehead atoms. The first-order chi connectivity index (χ1) is 12.0. The predicted molar refractivity (Wildman–Crippen MR) is 104 cm³/mol. The molecule has 0 aromatic heterocycles. The summed E-state index contributed by atoms with van der Waals surface area (Å²) in [5.74, 6) is -0.0317. The molecule has 25 heavy (non-hydrogen) atoms. The number of hydrogen-bond acceptors (Lipinski definition) is 1. The summed E-state index contributed by atoms with van der Waals surface area (Å²) >= 11 is 12.0. The molecule has 1 aliphatic heterocycles. The Morgan fingerprint density at radius 2 is 1.92 bits per heavy atom. The summed E-state index contributed by atoms with van der Waals surface area (Å²) < 4.78 is 0. The van der Waals surface area contributed by atoms with Crippen LogP contribution in [0.25, 0.3) is 5.57 Å². The van der Waals surface area contributed by atoms with Crippen molar-refractivity contribution in [1.29, 1.82) is 0 Å². The monoisotopic (exact) mass is 375 g/mol. The smallest absolute Gasteiger partial charge is 0.282 e. The van der Waals surface area contributed by atoms with Gasteiger partial charge in [-0.2, -0.15) is 0 Å². The molecule has 0 aliphatic carbocycles. The van der Waals surface area contributed by atoms with Crippen LogP contribution >= 0.6 is 23.2 Å². The lowest BCUT2D eigenvalue weighted by Crippen LogP contribution is -3.17. The van der Waals surface area contributed by atoms with E-state index in [0.717, 1.165) is 19.5 Å². The van der Waals surface area contributed by atoms with Crippen LogP contribution in [0.1, 0.15) is 18.9 Å². The standard InChI is InChI=1S/C20H20Cl2N2O/c1-14(20(25)23-19-8-7-17(21)13-18(19)22)24-11-9-16(10-12-24)15-5-3-2-4-6-15/h2-9,13-14H,10-12H2,1H3,(H,23,25)/p+1/t14-/m0/s1. The molecular formula is C20H21Cl2N2O+. The summed E-state index contributed by atoms with van der Waals surface area (Å²) in [6.45, 7) is 3.73. The Balaban J connectivity index is 1.63. The van der Waals surface area contributed by atoms with Crippen molar-refractivity contribution in [2.24, 2.45) is 0 Å². The van der Waals surface area contributed by atoms with Gasteiger partial charge in [0.15, 0.2) is 6.04 Å². The summed E-state index contributed by atoms with van der Waals surface area (Å²) in [5, 5.41) is 3.91. The Morgan fingerprint density at radius 3 is 2.56 bits per heavy atom. The third kappa shape index (κ3) is 4.43. The number of carbonyl (C=O) groups is 1. The van der Waals surface area contributed by atoms with Gasteiger partial charge in [0.25, 0.3) is 5.91 Å². The van der Waals surface area contributed by atoms with Gasteiger partial charge in [0, 0.05) is 11.4 Å². The summed E-state index contributed by atoms with van der Waals surface area (Å²) in [5.41, 5.74) is 3.23. The molecule has 0 spiro atoms. The van der Waals surface area contributed by atoms with E-state index in [1.165, 1.54) is 16.0 Å². The number of hydrogen-bond donors (Lipinski definition) is 2. The molecule has 0 saturated carbocycles. The fourth-order valence-electron chi connectivity index (χ4n) is 3.08. The van der Waals surface area contributed by atoms with E-state index in [1.807, 2.05) is 13.0 Å². The minimum absolute atomic E-state index is 0.0317. The van der Waals surface area contributed by atoms with Crippen LogP contribution in [0.3, 0.4) is 0 Å². The zero-order valence-corrected chi connectivity index (χ0v) is 15.6. The normalized spacial score (nSPS) is 18.4. The largest absolute Gasteiger partial charge is 0.321 e. The maximum Gasteiger partial charge on any atom is 0.282 e. The number of benzene rings is 2. The van der Waals surface area contributed by atoms with Crippen LogP contribution in [-0.4, -0.2) is 25.0 Å². The molecule has 2 aromatic rings. The number of anilines is 1. The fourth-order valence-corrected chi connectivity index (χ4v) is 3.53. The maximum atomic E-state index is 12.6. The van der Waals surface area contributed by atoms with Gasteiger partial charge < -0.3 is 10.2 Å². The average Bonchev–Trinajstić information content (AvgIpc) is 2.64. The van der Waals surface area contributed by atoms with Gasteiger partial charge in [-0.15, -0.1) is 0 Å². The Labute approximate surface area is 158 Å². The molecular weight excluding hydrogens is 355 g/mol. The molecule has 1 aliphatic rings. The molecule has 0 fully saturated rings. The van der Waals surface area contributed by atoms with Crippen molar-refractivity contribution in [3.63, 3.8) is 0 Å². The van der Waals surface area contributed by atoms with Gasteiger partial charge in [0.2, 0.25) is 0 Å². The van der Waals surface area contributed by atoms with E-state index in [9.17, 15) is 4.79 Å². The lowest BCUT2D eigenvalue weighted by molar-refractivity contribution is -0.909. The summed E-state index contributed by atoms with van der Waals surface area (Å²) in [6.07, 6.45) is 3.21. The maximum absolute atomic E-state index is 12.6. The van der Waals surface area contributed by atoms with E-state index >= 15 is 0 Å². The first kappa shape index (κ1) is 18.0. The first-order valence-corrected chi connectivity index (χ1v) is 9.15. The van der Waals surface area contributed by atoms with Crippen molar-refractivity contribution < 1.29 is 9.69 Å². The topological polar surface area (TPSA) is 33.5 Å². The third-order valence-electron chi connectivity index (χ3n) is 4.67. The van der Waals surface area contributed by atoms with Crippen molar-refractivity contribution in [3.05, 3.63) is 70.2 Å². The van der Waals surface area contributed by atoms with Crippen molar-refractivity contribution >= 4 is 40.4 Å². The van der Waals surface area contributed by atoms with Gasteiger partial charge in [-0.1, -0.05) is 53.5 Å². The van der Waals surface area contributed by atoms with Crippen LogP contribution in [-0.2, 0) is 4.79 Å². The van der Waals surface area contributed by atoms with Crippen LogP contribution in [0.5, 0.6) is 0 Å². The van der Waals surface area contributed by atoms with Gasteiger partial charge in [-0.05, 0) is 42.3 Å². The van der Waals surface area contributed by atoms with Crippen LogP contribution < -0.4 is 10.2 Å². The molecule has 2 N–H and O–H groups in total. The second kappa shape index (κ2) is 8.05. The Kier molecular flexibility index (Phi) is 5.79. The number of rotatable bonds is 4. The van der Waals surface area contributed by atoms with Crippen LogP contribution in [0, 0.1) is 0 Å². The molecule has 3 rings (SSSR count). The van der Waals surface area contributed by atoms with Crippen LogP contribution in [0.15, 0.2) is 54.6 Å². The van der Waals surface area contributed by atoms with E-state index in [0.29, 0.717) is 15.7 Å². The zero-order valence-electron chi connectivity index (χ0n) is 14.1. The molecule has 3 nitrogen and oxygen atoms in total. The highest BCUT2D eigenvalue weighted by Gasteiger charge is 2.27. The summed E-state index contributed by atoms with van der Waals surface area (Å²) in [4.78, 5) is 13.8. The molecule has 0 radical (unpaired) electrons. The number of quaternary nitrogens is 1. The molecule has 2 atom stereocenters. The molecule has 1 amide bonds. The number of halogens is 2. The SMILES string of the molecule is C[C@@H](C(=O)Nc1ccc(Cl)cc1Cl)[NH+]1CC=C(c2ccccc2)CC1. The highest BCUT2D eigenvalue weighted by atomic mass is 35.5. The van der Waals surface area contributed by atoms with Gasteiger partial charge in [0.05, 0.1) is 23.8 Å². The number of amides is 1. The zero-order chi connectivity index (χ0) is 17.8. The second-order valence-electron chi connectivity index (χ2n) is 6.29. The van der Waals surface area contributed by atoms with Crippen molar-refractivity contribution in [2.45, 2.75) is 19.4 Å². The van der Waals surface area contributed by atoms with Crippen LogP contribution in [0.4, 0.5) is 5.69 Å². The van der Waals surface area contributed by atoms with E-state index in [-0.39, 0.29) is 11.9 Å². The summed E-state index contributed by atoms with van der Waals surface area (Å²) in [6, 6.07) is 15.3. The van der Waals surface area contributed by atoms with Crippen molar-refractivity contribution in [2.75, 3.05) is 18.4 Å². The number of nitrogens with one attached hydrogen (secondary N) is 2. The quantitative estimate of drug-likeness (QED) is 0.839. The second-order valence-corrected chi connectivity index (χ2v) is 7.14. The molecule has 1 heterocycles. The third-order valence-corrected chi connectivity index (χ3v) is 5.21. The van der Waals surface area contributed by atoms with E-state index in [4.69, 9.17) is 23.2 Å². The lowest BCUT2D eigenvalue weighted by Gasteiger charge is -2.28. The molecule has 0 saturated heterocycles.